The summed E-state index contributed by atoms with van der Waals surface area (Å²) in [6.07, 6.45) is 7.38. The molecule has 2 aromatic heterocycles. The van der Waals surface area contributed by atoms with E-state index < -0.39 is 0 Å². The Kier molecular flexibility index (Phi) is 6.47. The number of benzene rings is 1. The number of piperidine rings is 1. The first kappa shape index (κ1) is 21.2. The van der Waals surface area contributed by atoms with Gasteiger partial charge in [0, 0.05) is 43.5 Å². The molecule has 1 aliphatic heterocycles. The molecule has 0 unspecified atom stereocenters. The SMILES string of the molecule is Cc1cc(-c2nc(C(=O)CCC3CCNCC3)cn2Cc2ccccc2)cn(C)c1=O. The highest BCUT2D eigenvalue weighted by molar-refractivity contribution is 5.94. The molecule has 1 saturated heterocycles. The summed E-state index contributed by atoms with van der Waals surface area (Å²) in [6.45, 7) is 4.51. The number of nitrogens with one attached hydrogen (secondary N) is 1. The molecular weight excluding hydrogens is 388 g/mol. The lowest BCUT2D eigenvalue weighted by atomic mass is 9.92. The summed E-state index contributed by atoms with van der Waals surface area (Å²) in [6, 6.07) is 12.0. The van der Waals surface area contributed by atoms with E-state index in [1.165, 1.54) is 0 Å². The molecule has 1 fully saturated rings. The number of hydrogen-bond acceptors (Lipinski definition) is 4. The van der Waals surface area contributed by atoms with Gasteiger partial charge in [-0.25, -0.2) is 4.98 Å². The van der Waals surface area contributed by atoms with Crippen LogP contribution in [0.3, 0.4) is 0 Å². The molecule has 3 aromatic rings. The van der Waals surface area contributed by atoms with Crippen LogP contribution in [0.25, 0.3) is 11.4 Å². The van der Waals surface area contributed by atoms with Gasteiger partial charge in [0.1, 0.15) is 11.5 Å². The van der Waals surface area contributed by atoms with Gasteiger partial charge in [-0.15, -0.1) is 0 Å². The third-order valence-corrected chi connectivity index (χ3v) is 6.12. The van der Waals surface area contributed by atoms with E-state index in [0.29, 0.717) is 36.0 Å². The Morgan fingerprint density at radius 2 is 1.90 bits per heavy atom. The topological polar surface area (TPSA) is 68.9 Å². The van der Waals surface area contributed by atoms with Crippen LogP contribution in [-0.4, -0.2) is 33.0 Å². The molecule has 6 heteroatoms. The van der Waals surface area contributed by atoms with Crippen molar-refractivity contribution in [3.63, 3.8) is 0 Å². The van der Waals surface area contributed by atoms with E-state index in [4.69, 9.17) is 4.98 Å². The first-order valence-electron chi connectivity index (χ1n) is 11.0. The maximum absolute atomic E-state index is 13.0. The van der Waals surface area contributed by atoms with Crippen molar-refractivity contribution >= 4 is 5.78 Å². The van der Waals surface area contributed by atoms with Crippen molar-refractivity contribution in [2.45, 2.75) is 39.2 Å². The Balaban J connectivity index is 1.63. The van der Waals surface area contributed by atoms with Crippen molar-refractivity contribution in [3.8, 4) is 11.4 Å². The van der Waals surface area contributed by atoms with E-state index >= 15 is 0 Å². The molecule has 0 bridgehead atoms. The van der Waals surface area contributed by atoms with E-state index in [-0.39, 0.29) is 11.3 Å². The zero-order valence-electron chi connectivity index (χ0n) is 18.3. The Morgan fingerprint density at radius 3 is 2.61 bits per heavy atom. The van der Waals surface area contributed by atoms with Crippen molar-refractivity contribution in [2.75, 3.05) is 13.1 Å². The summed E-state index contributed by atoms with van der Waals surface area (Å²) in [7, 11) is 1.74. The van der Waals surface area contributed by atoms with Crippen molar-refractivity contribution in [1.29, 1.82) is 0 Å². The van der Waals surface area contributed by atoms with Gasteiger partial charge in [-0.2, -0.15) is 0 Å². The Hall–Kier alpha value is -2.99. The average Bonchev–Trinajstić information content (AvgIpc) is 3.20. The minimum Gasteiger partial charge on any atom is -0.326 e. The van der Waals surface area contributed by atoms with Gasteiger partial charge in [0.2, 0.25) is 0 Å². The van der Waals surface area contributed by atoms with Crippen LogP contribution in [0, 0.1) is 12.8 Å². The molecule has 3 heterocycles. The van der Waals surface area contributed by atoms with E-state index in [2.05, 4.69) is 17.4 Å². The number of nitrogens with zero attached hydrogens (tertiary/aromatic N) is 3. The van der Waals surface area contributed by atoms with Crippen LogP contribution in [0.1, 0.15) is 47.3 Å². The first-order valence-corrected chi connectivity index (χ1v) is 11.0. The van der Waals surface area contributed by atoms with Crippen molar-refractivity contribution < 1.29 is 4.79 Å². The number of pyridine rings is 1. The predicted octanol–water partition coefficient (Wildman–Crippen LogP) is 3.57. The minimum atomic E-state index is -0.0248. The van der Waals surface area contributed by atoms with E-state index in [0.717, 1.165) is 43.5 Å². The highest BCUT2D eigenvalue weighted by Gasteiger charge is 2.19. The molecular formula is C25H30N4O2. The van der Waals surface area contributed by atoms with Gasteiger partial charge in [-0.3, -0.25) is 9.59 Å². The fourth-order valence-corrected chi connectivity index (χ4v) is 4.31. The monoisotopic (exact) mass is 418 g/mol. The smallest absolute Gasteiger partial charge is 0.253 e. The molecule has 1 N–H and O–H groups in total. The highest BCUT2D eigenvalue weighted by atomic mass is 16.1. The zero-order chi connectivity index (χ0) is 21.8. The van der Waals surface area contributed by atoms with Crippen LogP contribution in [-0.2, 0) is 13.6 Å². The average molecular weight is 419 g/mol. The number of imidazole rings is 1. The number of hydrogen-bond donors (Lipinski definition) is 1. The minimum absolute atomic E-state index is 0.0248. The van der Waals surface area contributed by atoms with Crippen LogP contribution in [0.5, 0.6) is 0 Å². The molecule has 0 radical (unpaired) electrons. The van der Waals surface area contributed by atoms with Crippen LogP contribution >= 0.6 is 0 Å². The van der Waals surface area contributed by atoms with E-state index in [1.54, 1.807) is 24.7 Å². The van der Waals surface area contributed by atoms with Gasteiger partial charge in [-0.05, 0) is 56.8 Å². The lowest BCUT2D eigenvalue weighted by Crippen LogP contribution is -2.28. The summed E-state index contributed by atoms with van der Waals surface area (Å²) in [5.41, 5.74) is 3.12. The molecule has 1 aromatic carbocycles. The Labute approximate surface area is 182 Å². The predicted molar refractivity (Wildman–Crippen MR) is 122 cm³/mol. The summed E-state index contributed by atoms with van der Waals surface area (Å²) in [5, 5.41) is 3.37. The standard InChI is InChI=1S/C25H30N4O2/c1-18-14-21(16-28(2)25(18)31)24-27-22(17-29(24)15-20-6-4-3-5-7-20)23(30)9-8-19-10-12-26-13-11-19/h3-7,14,16-17,19,26H,8-13,15H2,1-2H3. The molecule has 0 atom stereocenters. The third kappa shape index (κ3) is 5.02. The third-order valence-electron chi connectivity index (χ3n) is 6.12. The number of rotatable bonds is 7. The summed E-state index contributed by atoms with van der Waals surface area (Å²) in [4.78, 5) is 29.9. The van der Waals surface area contributed by atoms with Crippen molar-refractivity contribution in [2.24, 2.45) is 13.0 Å². The molecule has 0 spiro atoms. The van der Waals surface area contributed by atoms with E-state index in [9.17, 15) is 9.59 Å². The van der Waals surface area contributed by atoms with Crippen LogP contribution in [0.4, 0.5) is 0 Å². The largest absolute Gasteiger partial charge is 0.326 e. The molecule has 31 heavy (non-hydrogen) atoms. The van der Waals surface area contributed by atoms with Gasteiger partial charge >= 0.3 is 0 Å². The molecule has 1 aliphatic rings. The van der Waals surface area contributed by atoms with Crippen molar-refractivity contribution in [1.82, 2.24) is 19.4 Å². The van der Waals surface area contributed by atoms with Crippen LogP contribution in [0.2, 0.25) is 0 Å². The lowest BCUT2D eigenvalue weighted by Gasteiger charge is -2.21. The number of carbonyl (C=O) groups excluding carboxylic acids is 1. The van der Waals surface area contributed by atoms with Crippen molar-refractivity contribution in [3.05, 3.63) is 76.0 Å². The number of aromatic nitrogens is 3. The Morgan fingerprint density at radius 1 is 1.16 bits per heavy atom. The number of carbonyl (C=O) groups is 1. The van der Waals surface area contributed by atoms with Gasteiger partial charge in [0.15, 0.2) is 5.78 Å². The van der Waals surface area contributed by atoms with Gasteiger partial charge in [0.25, 0.3) is 5.56 Å². The van der Waals surface area contributed by atoms with Gasteiger partial charge in [0.05, 0.1) is 0 Å². The van der Waals surface area contributed by atoms with E-state index in [1.807, 2.05) is 35.0 Å². The normalized spacial score (nSPS) is 14.6. The van der Waals surface area contributed by atoms with Gasteiger partial charge in [-0.1, -0.05) is 30.3 Å². The second-order valence-corrected chi connectivity index (χ2v) is 8.55. The molecule has 4 rings (SSSR count). The Bertz CT molecular complexity index is 1080. The number of aryl methyl sites for hydroxylation is 2. The summed E-state index contributed by atoms with van der Waals surface area (Å²) in [5.74, 6) is 1.42. The van der Waals surface area contributed by atoms with Gasteiger partial charge < -0.3 is 14.5 Å². The maximum atomic E-state index is 13.0. The van der Waals surface area contributed by atoms with Crippen LogP contribution < -0.4 is 10.9 Å². The number of ketones is 1. The number of Topliss-reactive ketones (excluding diaryl/α,β-unsaturated/α-hetero) is 1. The maximum Gasteiger partial charge on any atom is 0.253 e. The molecule has 0 saturated carbocycles. The molecule has 162 valence electrons. The highest BCUT2D eigenvalue weighted by Crippen LogP contribution is 2.23. The fraction of sp³-hybridized carbons (Fsp3) is 0.400. The fourth-order valence-electron chi connectivity index (χ4n) is 4.31. The summed E-state index contributed by atoms with van der Waals surface area (Å²) >= 11 is 0. The second-order valence-electron chi connectivity index (χ2n) is 8.55. The lowest BCUT2D eigenvalue weighted by molar-refractivity contribution is 0.0966. The molecule has 0 amide bonds. The quantitative estimate of drug-likeness (QED) is 0.596. The molecule has 0 aliphatic carbocycles. The summed E-state index contributed by atoms with van der Waals surface area (Å²) < 4.78 is 3.59. The zero-order valence-corrected chi connectivity index (χ0v) is 18.3. The van der Waals surface area contributed by atoms with Crippen LogP contribution in [0.15, 0.2) is 53.6 Å². The second kappa shape index (κ2) is 9.43. The first-order chi connectivity index (χ1) is 15.0. The molecule has 6 nitrogen and oxygen atoms in total.